The Balaban J connectivity index is 2.07. The van der Waals surface area contributed by atoms with E-state index in [-0.39, 0.29) is 11.9 Å². The third kappa shape index (κ3) is 3.73. The van der Waals surface area contributed by atoms with Crippen LogP contribution < -0.4 is 16.8 Å². The van der Waals surface area contributed by atoms with Gasteiger partial charge in [-0.25, -0.2) is 4.99 Å². The van der Waals surface area contributed by atoms with Crippen molar-refractivity contribution < 1.29 is 0 Å². The van der Waals surface area contributed by atoms with Crippen LogP contribution in [0.4, 0.5) is 5.69 Å². The average Bonchev–Trinajstić information content (AvgIpc) is 2.86. The van der Waals surface area contributed by atoms with E-state index in [0.717, 1.165) is 29.7 Å². The summed E-state index contributed by atoms with van der Waals surface area (Å²) in [5.74, 6) is 0.537. The quantitative estimate of drug-likeness (QED) is 0.570. The van der Waals surface area contributed by atoms with E-state index in [1.54, 1.807) is 0 Å². The van der Waals surface area contributed by atoms with E-state index < -0.39 is 0 Å². The third-order valence-corrected chi connectivity index (χ3v) is 3.61. The van der Waals surface area contributed by atoms with E-state index in [2.05, 4.69) is 15.3 Å². The van der Waals surface area contributed by atoms with Crippen LogP contribution in [0.2, 0.25) is 0 Å². The Kier molecular flexibility index (Phi) is 4.61. The highest BCUT2D eigenvalue weighted by Gasteiger charge is 2.13. The molecule has 1 aromatic carbocycles. The van der Waals surface area contributed by atoms with Crippen LogP contribution in [-0.2, 0) is 0 Å². The molecule has 0 spiro atoms. The predicted octanol–water partition coefficient (Wildman–Crippen LogP) is 2.29. The number of nitrogens with zero attached hydrogens (tertiary/aromatic N) is 2. The van der Waals surface area contributed by atoms with Crippen molar-refractivity contribution in [2.24, 2.45) is 21.5 Å². The van der Waals surface area contributed by atoms with Gasteiger partial charge in [-0.15, -0.1) is 0 Å². The number of aliphatic imine (C=N–C) groups is 2. The zero-order valence-corrected chi connectivity index (χ0v) is 12.2. The fraction of sp³-hybridized carbons (Fsp3) is 0.467. The molecule has 5 heteroatoms. The summed E-state index contributed by atoms with van der Waals surface area (Å²) < 4.78 is 0. The number of nitrogens with two attached hydrogens (primary N) is 2. The van der Waals surface area contributed by atoms with E-state index in [9.17, 15) is 0 Å². The zero-order chi connectivity index (χ0) is 14.5. The number of benzene rings is 1. The Morgan fingerprint density at radius 1 is 1.15 bits per heavy atom. The van der Waals surface area contributed by atoms with Crippen molar-refractivity contribution >= 4 is 17.6 Å². The first-order chi connectivity index (χ1) is 9.56. The summed E-state index contributed by atoms with van der Waals surface area (Å²) in [5.41, 5.74) is 14.9. The van der Waals surface area contributed by atoms with Gasteiger partial charge in [-0.1, -0.05) is 31.0 Å². The highest BCUT2D eigenvalue weighted by Crippen LogP contribution is 2.21. The fourth-order valence-corrected chi connectivity index (χ4v) is 2.54. The normalized spacial score (nSPS) is 17.5. The predicted molar refractivity (Wildman–Crippen MR) is 85.0 cm³/mol. The van der Waals surface area contributed by atoms with Crippen LogP contribution in [0, 0.1) is 13.8 Å². The molecule has 0 amide bonds. The molecule has 0 aliphatic heterocycles. The molecule has 5 N–H and O–H groups in total. The van der Waals surface area contributed by atoms with E-state index in [1.807, 2.05) is 32.0 Å². The molecule has 20 heavy (non-hydrogen) atoms. The van der Waals surface area contributed by atoms with Gasteiger partial charge in [0.25, 0.3) is 0 Å². The summed E-state index contributed by atoms with van der Waals surface area (Å²) in [6.07, 6.45) is 4.64. The highest BCUT2D eigenvalue weighted by molar-refractivity contribution is 6.01. The Hall–Kier alpha value is -2.04. The number of rotatable bonds is 2. The molecule has 0 bridgehead atoms. The van der Waals surface area contributed by atoms with Crippen molar-refractivity contribution in [3.8, 4) is 0 Å². The summed E-state index contributed by atoms with van der Waals surface area (Å²) in [6.45, 7) is 4.05. The van der Waals surface area contributed by atoms with Crippen LogP contribution >= 0.6 is 0 Å². The van der Waals surface area contributed by atoms with Gasteiger partial charge < -0.3 is 16.8 Å². The number of guanidine groups is 2. The summed E-state index contributed by atoms with van der Waals surface area (Å²) >= 11 is 0. The lowest BCUT2D eigenvalue weighted by atomic mass is 10.1. The molecule has 0 radical (unpaired) electrons. The molecule has 0 saturated heterocycles. The van der Waals surface area contributed by atoms with Crippen LogP contribution in [0.1, 0.15) is 36.8 Å². The van der Waals surface area contributed by atoms with Gasteiger partial charge in [0.15, 0.2) is 0 Å². The molecular weight excluding hydrogens is 250 g/mol. The van der Waals surface area contributed by atoms with E-state index in [0.29, 0.717) is 6.04 Å². The fourth-order valence-electron chi connectivity index (χ4n) is 2.54. The smallest absolute Gasteiger partial charge is 0.218 e. The second kappa shape index (κ2) is 6.41. The van der Waals surface area contributed by atoms with Gasteiger partial charge in [0, 0.05) is 5.69 Å². The molecule has 0 heterocycles. The van der Waals surface area contributed by atoms with Crippen molar-refractivity contribution in [3.63, 3.8) is 0 Å². The molecule has 0 unspecified atom stereocenters. The minimum atomic E-state index is 0.258. The van der Waals surface area contributed by atoms with E-state index in [1.165, 1.54) is 12.8 Å². The van der Waals surface area contributed by atoms with Gasteiger partial charge in [-0.2, -0.15) is 4.99 Å². The number of anilines is 1. The van der Waals surface area contributed by atoms with Crippen LogP contribution in [0.15, 0.2) is 28.2 Å². The maximum atomic E-state index is 5.90. The number of para-hydroxylation sites is 1. The minimum absolute atomic E-state index is 0.258. The van der Waals surface area contributed by atoms with Gasteiger partial charge in [0.05, 0.1) is 6.04 Å². The lowest BCUT2D eigenvalue weighted by molar-refractivity contribution is 0.704. The highest BCUT2D eigenvalue weighted by atomic mass is 15.2. The Labute approximate surface area is 120 Å². The van der Waals surface area contributed by atoms with Crippen LogP contribution in [-0.4, -0.2) is 18.0 Å². The molecule has 1 aliphatic carbocycles. The molecular formula is C15H23N5. The van der Waals surface area contributed by atoms with Gasteiger partial charge >= 0.3 is 0 Å². The van der Waals surface area contributed by atoms with Crippen LogP contribution in [0.25, 0.3) is 0 Å². The first-order valence-electron chi connectivity index (χ1n) is 7.07. The van der Waals surface area contributed by atoms with Crippen LogP contribution in [0.5, 0.6) is 0 Å². The largest absolute Gasteiger partial charge is 0.369 e. The molecule has 0 atom stereocenters. The van der Waals surface area contributed by atoms with Crippen LogP contribution in [0.3, 0.4) is 0 Å². The van der Waals surface area contributed by atoms with Gasteiger partial charge in [-0.05, 0) is 37.8 Å². The van der Waals surface area contributed by atoms with Crippen molar-refractivity contribution in [2.45, 2.75) is 45.6 Å². The molecule has 1 aliphatic rings. The molecule has 0 aromatic heterocycles. The molecule has 1 fully saturated rings. The van der Waals surface area contributed by atoms with Crippen molar-refractivity contribution in [3.05, 3.63) is 29.3 Å². The molecule has 2 rings (SSSR count). The Bertz CT molecular complexity index is 507. The van der Waals surface area contributed by atoms with Gasteiger partial charge in [0.2, 0.25) is 11.9 Å². The Morgan fingerprint density at radius 3 is 2.35 bits per heavy atom. The SMILES string of the molecule is Cc1cccc(C)c1N/C(N)=N\C(N)=NC1CCCC1. The molecule has 5 nitrogen and oxygen atoms in total. The number of hydrogen-bond acceptors (Lipinski definition) is 1. The average molecular weight is 273 g/mol. The monoisotopic (exact) mass is 273 g/mol. The third-order valence-electron chi connectivity index (χ3n) is 3.61. The van der Waals surface area contributed by atoms with Crippen molar-refractivity contribution in [1.82, 2.24) is 0 Å². The first kappa shape index (κ1) is 14.4. The number of nitrogens with one attached hydrogen (secondary N) is 1. The van der Waals surface area contributed by atoms with E-state index >= 15 is 0 Å². The first-order valence-corrected chi connectivity index (χ1v) is 7.07. The molecule has 108 valence electrons. The second-order valence-corrected chi connectivity index (χ2v) is 5.31. The van der Waals surface area contributed by atoms with Gasteiger partial charge in [0.1, 0.15) is 0 Å². The number of aryl methyl sites for hydroxylation is 2. The van der Waals surface area contributed by atoms with E-state index in [4.69, 9.17) is 11.5 Å². The lowest BCUT2D eigenvalue weighted by Crippen LogP contribution is -2.27. The topological polar surface area (TPSA) is 88.8 Å². The lowest BCUT2D eigenvalue weighted by Gasteiger charge is -2.11. The van der Waals surface area contributed by atoms with Crippen molar-refractivity contribution in [1.29, 1.82) is 0 Å². The number of hydrogen-bond donors (Lipinski definition) is 3. The summed E-state index contributed by atoms with van der Waals surface area (Å²) in [5, 5.41) is 3.10. The maximum absolute atomic E-state index is 5.90. The minimum Gasteiger partial charge on any atom is -0.369 e. The molecule has 1 saturated carbocycles. The maximum Gasteiger partial charge on any atom is 0.218 e. The Morgan fingerprint density at radius 2 is 1.75 bits per heavy atom. The molecule has 1 aromatic rings. The summed E-state index contributed by atoms with van der Waals surface area (Å²) in [6, 6.07) is 6.38. The van der Waals surface area contributed by atoms with Crippen molar-refractivity contribution in [2.75, 3.05) is 5.32 Å². The summed E-state index contributed by atoms with van der Waals surface area (Å²) in [7, 11) is 0. The second-order valence-electron chi connectivity index (χ2n) is 5.31. The zero-order valence-electron chi connectivity index (χ0n) is 12.2. The summed E-state index contributed by atoms with van der Waals surface area (Å²) in [4.78, 5) is 8.52. The standard InChI is InChI=1S/C15H23N5/c1-10-6-5-7-11(2)13(10)19-15(17)20-14(16)18-12-8-3-4-9-12/h5-7,12H,3-4,8-9H2,1-2H3,(H5,16,17,18,19,20). The van der Waals surface area contributed by atoms with Gasteiger partial charge in [-0.3, -0.25) is 0 Å².